The molecule has 0 bridgehead atoms. The van der Waals surface area contributed by atoms with Gasteiger partial charge in [0.05, 0.1) is 23.9 Å². The first-order valence-corrected chi connectivity index (χ1v) is 9.70. The second-order valence-electron chi connectivity index (χ2n) is 6.07. The maximum absolute atomic E-state index is 5.17. The van der Waals surface area contributed by atoms with E-state index in [-0.39, 0.29) is 0 Å². The summed E-state index contributed by atoms with van der Waals surface area (Å²) in [5.41, 5.74) is 7.24. The maximum Gasteiger partial charge on any atom is 0.204 e. The van der Waals surface area contributed by atoms with Crippen molar-refractivity contribution < 1.29 is 4.74 Å². The molecule has 0 amide bonds. The van der Waals surface area contributed by atoms with Crippen LogP contribution in [0.4, 0.5) is 5.13 Å². The predicted octanol–water partition coefficient (Wildman–Crippen LogP) is 5.93. The van der Waals surface area contributed by atoms with Crippen molar-refractivity contribution in [2.24, 2.45) is 5.10 Å². The largest absolute Gasteiger partial charge is 0.497 e. The van der Waals surface area contributed by atoms with Gasteiger partial charge in [-0.2, -0.15) is 5.10 Å². The van der Waals surface area contributed by atoms with Gasteiger partial charge in [-0.25, -0.2) is 4.98 Å². The minimum atomic E-state index is 0.752. The van der Waals surface area contributed by atoms with Gasteiger partial charge in [0.1, 0.15) is 5.75 Å². The molecule has 0 spiro atoms. The fraction of sp³-hybridized carbons (Fsp3) is 0.0435. The summed E-state index contributed by atoms with van der Waals surface area (Å²) in [4.78, 5) is 5.91. The Hall–Kier alpha value is -3.44. The van der Waals surface area contributed by atoms with E-state index >= 15 is 0 Å². The molecular weight excluding hydrogens is 366 g/mol. The molecule has 0 aliphatic heterocycles. The number of hydrogen-bond acceptors (Lipinski definition) is 5. The molecule has 4 aromatic rings. The zero-order chi connectivity index (χ0) is 19.2. The lowest BCUT2D eigenvalue weighted by Gasteiger charge is -2.02. The Morgan fingerprint density at radius 3 is 2.14 bits per heavy atom. The van der Waals surface area contributed by atoms with Gasteiger partial charge >= 0.3 is 0 Å². The number of nitrogens with one attached hydrogen (secondary N) is 1. The number of methoxy groups -OCH3 is 1. The van der Waals surface area contributed by atoms with Crippen molar-refractivity contribution in [2.45, 2.75) is 0 Å². The molecule has 0 saturated heterocycles. The van der Waals surface area contributed by atoms with Gasteiger partial charge in [-0.3, -0.25) is 5.43 Å². The maximum atomic E-state index is 5.17. The van der Waals surface area contributed by atoms with E-state index in [1.165, 1.54) is 0 Å². The molecule has 0 fully saturated rings. The molecule has 4 nitrogen and oxygen atoms in total. The number of aromatic nitrogens is 1. The summed E-state index contributed by atoms with van der Waals surface area (Å²) in [5.74, 6) is 0.824. The molecule has 0 saturated carbocycles. The lowest BCUT2D eigenvalue weighted by Crippen LogP contribution is -1.90. The summed E-state index contributed by atoms with van der Waals surface area (Å²) in [6.07, 6.45) is 1.77. The summed E-state index contributed by atoms with van der Waals surface area (Å²) >= 11 is 1.59. The third-order valence-corrected chi connectivity index (χ3v) is 5.21. The van der Waals surface area contributed by atoms with E-state index in [1.54, 1.807) is 24.7 Å². The van der Waals surface area contributed by atoms with E-state index in [0.717, 1.165) is 38.1 Å². The number of rotatable bonds is 6. The van der Waals surface area contributed by atoms with E-state index < -0.39 is 0 Å². The Morgan fingerprint density at radius 2 is 1.50 bits per heavy atom. The molecule has 0 aliphatic carbocycles. The average molecular weight is 385 g/mol. The Kier molecular flexibility index (Phi) is 5.45. The van der Waals surface area contributed by atoms with Gasteiger partial charge in [-0.15, -0.1) is 0 Å². The van der Waals surface area contributed by atoms with Crippen LogP contribution in [0.5, 0.6) is 5.75 Å². The van der Waals surface area contributed by atoms with Crippen LogP contribution in [0.25, 0.3) is 21.7 Å². The second-order valence-corrected chi connectivity index (χ2v) is 7.07. The van der Waals surface area contributed by atoms with Crippen LogP contribution in [0, 0.1) is 0 Å². The Labute approximate surface area is 168 Å². The van der Waals surface area contributed by atoms with Crippen molar-refractivity contribution in [1.29, 1.82) is 0 Å². The SMILES string of the molecule is COc1ccc(/C=N/Nc2nc(-c3ccccc3)c(-c3ccccc3)s2)cc1. The number of hydrogen-bond donors (Lipinski definition) is 1. The molecule has 1 heterocycles. The summed E-state index contributed by atoms with van der Waals surface area (Å²) < 4.78 is 5.17. The van der Waals surface area contributed by atoms with Crippen molar-refractivity contribution in [3.63, 3.8) is 0 Å². The van der Waals surface area contributed by atoms with Crippen LogP contribution >= 0.6 is 11.3 Å². The molecule has 1 aromatic heterocycles. The number of ether oxygens (including phenoxy) is 1. The molecule has 3 aromatic carbocycles. The van der Waals surface area contributed by atoms with Crippen LogP contribution in [-0.4, -0.2) is 18.3 Å². The standard InChI is InChI=1S/C23H19N3OS/c1-27-20-14-12-17(13-15-20)16-24-26-23-25-21(18-8-4-2-5-9-18)22(28-23)19-10-6-3-7-11-19/h2-16H,1H3,(H,25,26)/b24-16+. The second kappa shape index (κ2) is 8.50. The number of hydrazone groups is 1. The van der Waals surface area contributed by atoms with Gasteiger partial charge in [0.15, 0.2) is 0 Å². The van der Waals surface area contributed by atoms with Gasteiger partial charge in [0, 0.05) is 5.56 Å². The van der Waals surface area contributed by atoms with Crippen LogP contribution in [-0.2, 0) is 0 Å². The highest BCUT2D eigenvalue weighted by Gasteiger charge is 2.14. The molecule has 1 N–H and O–H groups in total. The summed E-state index contributed by atoms with van der Waals surface area (Å²) in [6.45, 7) is 0. The van der Waals surface area contributed by atoms with Crippen molar-refractivity contribution in [1.82, 2.24) is 4.98 Å². The van der Waals surface area contributed by atoms with Crippen molar-refractivity contribution in [2.75, 3.05) is 12.5 Å². The van der Waals surface area contributed by atoms with Crippen LogP contribution in [0.15, 0.2) is 90.0 Å². The normalized spacial score (nSPS) is 10.9. The van der Waals surface area contributed by atoms with Crippen molar-refractivity contribution in [3.8, 4) is 27.4 Å². The zero-order valence-corrected chi connectivity index (χ0v) is 16.2. The highest BCUT2D eigenvalue weighted by Crippen LogP contribution is 2.38. The lowest BCUT2D eigenvalue weighted by molar-refractivity contribution is 0.415. The number of anilines is 1. The van der Waals surface area contributed by atoms with Crippen LogP contribution in [0.3, 0.4) is 0 Å². The molecular formula is C23H19N3OS. The van der Waals surface area contributed by atoms with E-state index in [0.29, 0.717) is 0 Å². The lowest BCUT2D eigenvalue weighted by atomic mass is 10.1. The smallest absolute Gasteiger partial charge is 0.204 e. The molecule has 28 heavy (non-hydrogen) atoms. The van der Waals surface area contributed by atoms with Crippen LogP contribution in [0.2, 0.25) is 0 Å². The molecule has 138 valence electrons. The summed E-state index contributed by atoms with van der Waals surface area (Å²) in [5, 5.41) is 5.09. The summed E-state index contributed by atoms with van der Waals surface area (Å²) in [6, 6.07) is 28.2. The van der Waals surface area contributed by atoms with Gasteiger partial charge in [0.25, 0.3) is 0 Å². The van der Waals surface area contributed by atoms with Crippen LogP contribution < -0.4 is 10.2 Å². The fourth-order valence-corrected chi connectivity index (χ4v) is 3.74. The van der Waals surface area contributed by atoms with Gasteiger partial charge in [-0.05, 0) is 35.4 Å². The Balaban J connectivity index is 1.61. The van der Waals surface area contributed by atoms with E-state index in [9.17, 15) is 0 Å². The van der Waals surface area contributed by atoms with E-state index in [1.807, 2.05) is 60.7 Å². The molecule has 4 rings (SSSR count). The molecule has 0 aliphatic rings. The quantitative estimate of drug-likeness (QED) is 0.330. The molecule has 0 atom stereocenters. The highest BCUT2D eigenvalue weighted by molar-refractivity contribution is 7.19. The third kappa shape index (κ3) is 4.10. The Bertz CT molecular complexity index is 1000. The van der Waals surface area contributed by atoms with Gasteiger partial charge < -0.3 is 4.74 Å². The van der Waals surface area contributed by atoms with Crippen LogP contribution in [0.1, 0.15) is 5.56 Å². The van der Waals surface area contributed by atoms with E-state index in [2.05, 4.69) is 34.8 Å². The van der Waals surface area contributed by atoms with Gasteiger partial charge in [-0.1, -0.05) is 72.0 Å². The first-order chi connectivity index (χ1) is 13.8. The number of nitrogens with zero attached hydrogens (tertiary/aromatic N) is 2. The van der Waals surface area contributed by atoms with Crippen molar-refractivity contribution in [3.05, 3.63) is 90.5 Å². The first kappa shape index (κ1) is 17.9. The predicted molar refractivity (Wildman–Crippen MR) is 117 cm³/mol. The third-order valence-electron chi connectivity index (χ3n) is 4.20. The monoisotopic (exact) mass is 385 g/mol. The molecule has 5 heteroatoms. The average Bonchev–Trinajstić information content (AvgIpc) is 3.20. The van der Waals surface area contributed by atoms with E-state index in [4.69, 9.17) is 9.72 Å². The Morgan fingerprint density at radius 1 is 0.857 bits per heavy atom. The molecule has 0 unspecified atom stereocenters. The first-order valence-electron chi connectivity index (χ1n) is 8.88. The number of benzene rings is 3. The highest BCUT2D eigenvalue weighted by atomic mass is 32.1. The minimum absolute atomic E-state index is 0.752. The topological polar surface area (TPSA) is 46.5 Å². The summed E-state index contributed by atoms with van der Waals surface area (Å²) in [7, 11) is 1.65. The zero-order valence-electron chi connectivity index (χ0n) is 15.4. The van der Waals surface area contributed by atoms with Crippen molar-refractivity contribution >= 4 is 22.7 Å². The molecule has 0 radical (unpaired) electrons. The number of thiazole rings is 1. The fourth-order valence-electron chi connectivity index (χ4n) is 2.80. The van der Waals surface area contributed by atoms with Gasteiger partial charge in [0.2, 0.25) is 5.13 Å². The minimum Gasteiger partial charge on any atom is -0.497 e.